The number of ether oxygens (including phenoxy) is 2. The summed E-state index contributed by atoms with van der Waals surface area (Å²) in [5.41, 5.74) is 8.02. The fraction of sp³-hybridized carbons (Fsp3) is 0.214. The van der Waals surface area contributed by atoms with Crippen molar-refractivity contribution in [2.75, 3.05) is 35.7 Å². The Morgan fingerprint density at radius 1 is 0.976 bits per heavy atom. The molecule has 216 valence electrons. The van der Waals surface area contributed by atoms with E-state index < -0.39 is 24.5 Å². The Morgan fingerprint density at radius 3 is 2.34 bits per heavy atom. The molecule has 0 heterocycles. The van der Waals surface area contributed by atoms with E-state index in [1.54, 1.807) is 56.3 Å². The predicted octanol–water partition coefficient (Wildman–Crippen LogP) is 4.49. The van der Waals surface area contributed by atoms with Crippen molar-refractivity contribution in [3.8, 4) is 11.5 Å². The Kier molecular flexibility index (Phi) is 10.8. The minimum Gasteiger partial charge on any atom is -0.490 e. The van der Waals surface area contributed by atoms with Gasteiger partial charge in [0.25, 0.3) is 5.91 Å². The van der Waals surface area contributed by atoms with Crippen molar-refractivity contribution < 1.29 is 29.0 Å². The summed E-state index contributed by atoms with van der Waals surface area (Å²) in [6, 6.07) is 14.0. The first-order valence-electron chi connectivity index (χ1n) is 12.6. The molecule has 3 amide bonds. The van der Waals surface area contributed by atoms with Crippen LogP contribution in [0, 0.1) is 5.41 Å². The van der Waals surface area contributed by atoms with Crippen LogP contribution in [0.5, 0.6) is 11.5 Å². The van der Waals surface area contributed by atoms with Crippen molar-refractivity contribution in [3.05, 3.63) is 76.3 Å². The van der Waals surface area contributed by atoms with E-state index >= 15 is 0 Å². The third-order valence-corrected chi connectivity index (χ3v) is 5.75. The number of nitrogen functional groups attached to an aromatic ring is 1. The van der Waals surface area contributed by atoms with Gasteiger partial charge in [0.15, 0.2) is 18.1 Å². The van der Waals surface area contributed by atoms with Crippen LogP contribution < -0.4 is 36.5 Å². The van der Waals surface area contributed by atoms with Gasteiger partial charge in [0.05, 0.1) is 12.2 Å². The minimum atomic E-state index is -1.18. The number of amides is 3. The van der Waals surface area contributed by atoms with Gasteiger partial charge in [-0.3, -0.25) is 10.2 Å². The topological polar surface area (TPSA) is 188 Å². The van der Waals surface area contributed by atoms with Gasteiger partial charge in [0, 0.05) is 52.4 Å². The lowest BCUT2D eigenvalue weighted by Crippen LogP contribution is -2.28. The van der Waals surface area contributed by atoms with Crippen molar-refractivity contribution in [1.29, 1.82) is 5.41 Å². The van der Waals surface area contributed by atoms with E-state index in [1.807, 2.05) is 0 Å². The van der Waals surface area contributed by atoms with Gasteiger partial charge in [0.1, 0.15) is 5.84 Å². The number of nitrogens with two attached hydrogens (primary N) is 1. The Balaban J connectivity index is 1.92. The number of halogens is 1. The van der Waals surface area contributed by atoms with Crippen LogP contribution in [0.3, 0.4) is 0 Å². The van der Waals surface area contributed by atoms with Gasteiger partial charge < -0.3 is 41.6 Å². The zero-order chi connectivity index (χ0) is 29.9. The van der Waals surface area contributed by atoms with Crippen LogP contribution in [0.1, 0.15) is 35.3 Å². The number of carboxylic acid groups (broad SMARTS) is 1. The molecule has 0 bridgehead atoms. The summed E-state index contributed by atoms with van der Waals surface area (Å²) in [4.78, 5) is 36.6. The van der Waals surface area contributed by atoms with Gasteiger partial charge in [-0.1, -0.05) is 11.6 Å². The molecular formula is C28H31ClN6O6. The van der Waals surface area contributed by atoms with Crippen molar-refractivity contribution in [3.63, 3.8) is 0 Å². The third-order valence-electron chi connectivity index (χ3n) is 5.52. The highest BCUT2D eigenvalue weighted by Crippen LogP contribution is 2.36. The van der Waals surface area contributed by atoms with Gasteiger partial charge in [-0.15, -0.1) is 0 Å². The molecule has 0 spiro atoms. The number of carbonyl (C=O) groups is 3. The summed E-state index contributed by atoms with van der Waals surface area (Å²) < 4.78 is 11.3. The number of urea groups is 1. The molecule has 0 saturated carbocycles. The number of amidine groups is 1. The molecule has 12 nitrogen and oxygen atoms in total. The van der Waals surface area contributed by atoms with E-state index in [0.29, 0.717) is 39.8 Å². The number of benzene rings is 3. The summed E-state index contributed by atoms with van der Waals surface area (Å²) in [7, 11) is 0. The molecule has 0 aliphatic carbocycles. The lowest BCUT2D eigenvalue weighted by atomic mass is 10.1. The Morgan fingerprint density at radius 2 is 1.71 bits per heavy atom. The van der Waals surface area contributed by atoms with E-state index in [-0.39, 0.29) is 36.0 Å². The number of hydrogen-bond donors (Lipinski definition) is 7. The lowest BCUT2D eigenvalue weighted by molar-refractivity contribution is -0.139. The lowest BCUT2D eigenvalue weighted by Gasteiger charge is -2.19. The average Bonchev–Trinajstić information content (AvgIpc) is 2.92. The highest BCUT2D eigenvalue weighted by atomic mass is 35.5. The fourth-order valence-corrected chi connectivity index (χ4v) is 3.91. The van der Waals surface area contributed by atoms with E-state index in [1.165, 1.54) is 12.1 Å². The Labute approximate surface area is 241 Å². The average molecular weight is 583 g/mol. The molecule has 0 aromatic heterocycles. The third kappa shape index (κ3) is 8.77. The summed E-state index contributed by atoms with van der Waals surface area (Å²) in [5.74, 6) is -1.30. The molecule has 3 aromatic rings. The van der Waals surface area contributed by atoms with Gasteiger partial charge in [-0.25, -0.2) is 9.59 Å². The minimum absolute atomic E-state index is 0.0646. The normalized spacial score (nSPS) is 10.3. The molecule has 8 N–H and O–H groups in total. The molecular weight excluding hydrogens is 552 g/mol. The molecule has 0 unspecified atom stereocenters. The maximum atomic E-state index is 13.2. The number of carbonyl (C=O) groups excluding carboxylic acids is 2. The monoisotopic (exact) mass is 582 g/mol. The van der Waals surface area contributed by atoms with Crippen LogP contribution >= 0.6 is 11.6 Å². The van der Waals surface area contributed by atoms with Crippen LogP contribution in [0.25, 0.3) is 0 Å². The van der Waals surface area contributed by atoms with Crippen LogP contribution in [0.15, 0.2) is 54.6 Å². The van der Waals surface area contributed by atoms with Crippen LogP contribution in [0.4, 0.5) is 21.9 Å². The van der Waals surface area contributed by atoms with Crippen LogP contribution in [-0.2, 0) is 11.3 Å². The molecule has 0 aliphatic rings. The molecule has 0 fully saturated rings. The van der Waals surface area contributed by atoms with Gasteiger partial charge >= 0.3 is 12.0 Å². The van der Waals surface area contributed by atoms with Crippen molar-refractivity contribution in [1.82, 2.24) is 5.32 Å². The number of rotatable bonds is 13. The molecule has 0 atom stereocenters. The maximum absolute atomic E-state index is 13.2. The van der Waals surface area contributed by atoms with E-state index in [4.69, 9.17) is 32.2 Å². The zero-order valence-corrected chi connectivity index (χ0v) is 23.2. The first-order chi connectivity index (χ1) is 19.6. The molecule has 3 rings (SSSR count). The molecule has 0 radical (unpaired) electrons. The number of anilines is 3. The smallest absolute Gasteiger partial charge is 0.341 e. The van der Waals surface area contributed by atoms with Gasteiger partial charge in [-0.05, 0) is 62.4 Å². The van der Waals surface area contributed by atoms with E-state index in [0.717, 1.165) is 0 Å². The SMILES string of the molecule is CCNC(=O)Nc1cc(CNc2ccc(Cl)cc2C(=O)Nc2ccc(C(=N)N)cc2)c(OCC(=O)O)c(OCC)c1. The maximum Gasteiger partial charge on any atom is 0.341 e. The molecule has 13 heteroatoms. The largest absolute Gasteiger partial charge is 0.490 e. The molecule has 41 heavy (non-hydrogen) atoms. The second-order valence-corrected chi connectivity index (χ2v) is 8.99. The van der Waals surface area contributed by atoms with Crippen LogP contribution in [-0.4, -0.2) is 48.6 Å². The Hall–Kier alpha value is -4.97. The van der Waals surface area contributed by atoms with E-state index in [2.05, 4.69) is 21.3 Å². The first kappa shape index (κ1) is 30.6. The highest BCUT2D eigenvalue weighted by molar-refractivity contribution is 6.31. The number of nitrogens with one attached hydrogen (secondary N) is 5. The molecule has 0 aliphatic heterocycles. The second kappa shape index (κ2) is 14.4. The fourth-order valence-electron chi connectivity index (χ4n) is 3.74. The second-order valence-electron chi connectivity index (χ2n) is 8.55. The van der Waals surface area contributed by atoms with Crippen molar-refractivity contribution in [2.45, 2.75) is 20.4 Å². The Bertz CT molecular complexity index is 1430. The van der Waals surface area contributed by atoms with Crippen LogP contribution in [0.2, 0.25) is 5.02 Å². The summed E-state index contributed by atoms with van der Waals surface area (Å²) >= 11 is 6.20. The van der Waals surface area contributed by atoms with Gasteiger partial charge in [-0.2, -0.15) is 0 Å². The molecule has 0 saturated heterocycles. The summed E-state index contributed by atoms with van der Waals surface area (Å²) in [6.07, 6.45) is 0. The van der Waals surface area contributed by atoms with Gasteiger partial charge in [0.2, 0.25) is 0 Å². The standard InChI is InChI=1S/C28H31ClN6O6/c1-3-32-28(39)35-20-11-17(25(41-15-24(36)37)23(13-20)40-4-2)14-33-22-10-7-18(29)12-21(22)27(38)34-19-8-5-16(6-9-19)26(30)31/h5-13,33H,3-4,14-15H2,1-2H3,(H3,30,31)(H,34,38)(H,36,37)(H2,32,35,39). The molecule has 3 aromatic carbocycles. The highest BCUT2D eigenvalue weighted by Gasteiger charge is 2.18. The quantitative estimate of drug-likeness (QED) is 0.113. The number of carboxylic acids is 1. The van der Waals surface area contributed by atoms with E-state index in [9.17, 15) is 19.5 Å². The zero-order valence-electron chi connectivity index (χ0n) is 22.5. The van der Waals surface area contributed by atoms with Crippen molar-refractivity contribution >= 4 is 52.4 Å². The number of aliphatic carboxylic acids is 1. The number of hydrogen-bond acceptors (Lipinski definition) is 7. The summed E-state index contributed by atoms with van der Waals surface area (Å²) in [6.45, 7) is 3.66. The first-order valence-corrected chi connectivity index (χ1v) is 13.0. The predicted molar refractivity (Wildman–Crippen MR) is 158 cm³/mol. The van der Waals surface area contributed by atoms with Crippen molar-refractivity contribution in [2.24, 2.45) is 5.73 Å². The summed E-state index contributed by atoms with van der Waals surface area (Å²) in [5, 5.41) is 28.4.